The maximum absolute atomic E-state index is 12.2. The van der Waals surface area contributed by atoms with Crippen molar-refractivity contribution in [2.45, 2.75) is 6.42 Å². The summed E-state index contributed by atoms with van der Waals surface area (Å²) < 4.78 is 0. The van der Waals surface area contributed by atoms with Gasteiger partial charge in [-0.1, -0.05) is 35.3 Å². The van der Waals surface area contributed by atoms with E-state index in [1.165, 1.54) is 11.0 Å². The van der Waals surface area contributed by atoms with Crippen molar-refractivity contribution in [1.29, 1.82) is 0 Å². The summed E-state index contributed by atoms with van der Waals surface area (Å²) in [5.41, 5.74) is 1.86. The van der Waals surface area contributed by atoms with Crippen LogP contribution in [-0.4, -0.2) is 30.8 Å². The first kappa shape index (κ1) is 17.3. The molecule has 0 heterocycles. The smallest absolute Gasteiger partial charge is 0.257 e. The van der Waals surface area contributed by atoms with Crippen LogP contribution in [0.15, 0.2) is 42.5 Å². The Bertz CT molecular complexity index is 728. The van der Waals surface area contributed by atoms with Gasteiger partial charge in [-0.15, -0.1) is 0 Å². The maximum Gasteiger partial charge on any atom is 0.257 e. The van der Waals surface area contributed by atoms with Crippen LogP contribution in [0.2, 0.25) is 10.0 Å². The molecule has 2 amide bonds. The van der Waals surface area contributed by atoms with Crippen LogP contribution in [-0.2, 0) is 11.2 Å². The normalized spacial score (nSPS) is 10.3. The zero-order valence-electron chi connectivity index (χ0n) is 12.8. The van der Waals surface area contributed by atoms with Gasteiger partial charge < -0.3 is 10.2 Å². The lowest BCUT2D eigenvalue weighted by Crippen LogP contribution is -2.23. The Morgan fingerprint density at radius 1 is 1.04 bits per heavy atom. The van der Waals surface area contributed by atoms with Gasteiger partial charge in [0.2, 0.25) is 5.91 Å². The first-order valence-electron chi connectivity index (χ1n) is 6.92. The first-order valence-corrected chi connectivity index (χ1v) is 7.68. The number of carbonyl (C=O) groups is 2. The fourth-order valence-corrected chi connectivity index (χ4v) is 2.41. The number of nitrogens with zero attached hydrogens (tertiary/aromatic N) is 1. The number of anilines is 1. The zero-order chi connectivity index (χ0) is 17.0. The van der Waals surface area contributed by atoms with Crippen LogP contribution in [0, 0.1) is 0 Å². The van der Waals surface area contributed by atoms with Crippen molar-refractivity contribution in [3.63, 3.8) is 0 Å². The molecule has 2 aromatic carbocycles. The summed E-state index contributed by atoms with van der Waals surface area (Å²) in [6.45, 7) is 0. The predicted octanol–water partition coefficient (Wildman–Crippen LogP) is 3.88. The molecule has 2 aromatic rings. The van der Waals surface area contributed by atoms with Crippen molar-refractivity contribution in [2.75, 3.05) is 19.4 Å². The average Bonchev–Trinajstić information content (AvgIpc) is 2.48. The highest BCUT2D eigenvalue weighted by Crippen LogP contribution is 2.22. The van der Waals surface area contributed by atoms with E-state index in [0.717, 1.165) is 5.56 Å². The molecule has 0 aliphatic carbocycles. The quantitative estimate of drug-likeness (QED) is 0.909. The third kappa shape index (κ3) is 4.71. The molecule has 0 aromatic heterocycles. The average molecular weight is 351 g/mol. The molecule has 0 radical (unpaired) electrons. The number of likely N-dealkylation sites (N-methyl/N-ethyl adjacent to an activating group) is 1. The summed E-state index contributed by atoms with van der Waals surface area (Å²) in [5.74, 6) is -0.293. The van der Waals surface area contributed by atoms with Crippen molar-refractivity contribution < 1.29 is 9.59 Å². The molecule has 120 valence electrons. The Balaban J connectivity index is 2.06. The van der Waals surface area contributed by atoms with Crippen molar-refractivity contribution >= 4 is 40.7 Å². The topological polar surface area (TPSA) is 49.4 Å². The number of nitrogens with one attached hydrogen (secondary N) is 1. The van der Waals surface area contributed by atoms with Gasteiger partial charge in [0.05, 0.1) is 17.0 Å². The minimum absolute atomic E-state index is 0.0229. The summed E-state index contributed by atoms with van der Waals surface area (Å²) in [7, 11) is 3.43. The Hall–Kier alpha value is -2.04. The number of amides is 2. The molecule has 23 heavy (non-hydrogen) atoms. The summed E-state index contributed by atoms with van der Waals surface area (Å²) in [5, 5.41) is 3.53. The highest BCUT2D eigenvalue weighted by Gasteiger charge is 2.11. The van der Waals surface area contributed by atoms with E-state index in [1.807, 2.05) is 0 Å². The molecular weight excluding hydrogens is 335 g/mol. The van der Waals surface area contributed by atoms with Crippen molar-refractivity contribution in [3.05, 3.63) is 63.6 Å². The van der Waals surface area contributed by atoms with Crippen LogP contribution >= 0.6 is 23.2 Å². The van der Waals surface area contributed by atoms with Crippen molar-refractivity contribution in [2.24, 2.45) is 0 Å². The largest absolute Gasteiger partial charge is 0.349 e. The second kappa shape index (κ2) is 7.49. The highest BCUT2D eigenvalue weighted by molar-refractivity contribution is 6.37. The highest BCUT2D eigenvalue weighted by atomic mass is 35.5. The second-order valence-electron chi connectivity index (χ2n) is 5.24. The maximum atomic E-state index is 12.2. The van der Waals surface area contributed by atoms with Crippen LogP contribution in [0.3, 0.4) is 0 Å². The lowest BCUT2D eigenvalue weighted by molar-refractivity contribution is -0.127. The number of halogens is 2. The van der Waals surface area contributed by atoms with E-state index < -0.39 is 0 Å². The van der Waals surface area contributed by atoms with E-state index in [-0.39, 0.29) is 11.8 Å². The molecule has 0 aliphatic heterocycles. The molecule has 0 aliphatic rings. The number of rotatable bonds is 4. The minimum atomic E-state index is -0.316. The van der Waals surface area contributed by atoms with E-state index in [9.17, 15) is 9.59 Å². The number of hydrogen-bond acceptors (Lipinski definition) is 2. The summed E-state index contributed by atoms with van der Waals surface area (Å²) >= 11 is 11.8. The molecular formula is C17H16Cl2N2O2. The van der Waals surface area contributed by atoms with Crippen LogP contribution in [0.4, 0.5) is 5.69 Å². The van der Waals surface area contributed by atoms with Gasteiger partial charge in [-0.05, 0) is 35.9 Å². The lowest BCUT2D eigenvalue weighted by Gasteiger charge is -2.11. The molecule has 0 saturated heterocycles. The van der Waals surface area contributed by atoms with Gasteiger partial charge in [0.25, 0.3) is 5.91 Å². The van der Waals surface area contributed by atoms with Gasteiger partial charge in [-0.2, -0.15) is 0 Å². The molecule has 0 spiro atoms. The van der Waals surface area contributed by atoms with Gasteiger partial charge in [0.1, 0.15) is 0 Å². The predicted molar refractivity (Wildman–Crippen MR) is 93.3 cm³/mol. The first-order chi connectivity index (χ1) is 10.9. The van der Waals surface area contributed by atoms with Crippen LogP contribution in [0.5, 0.6) is 0 Å². The van der Waals surface area contributed by atoms with Crippen molar-refractivity contribution in [3.8, 4) is 0 Å². The van der Waals surface area contributed by atoms with Crippen LogP contribution in [0.25, 0.3) is 0 Å². The van der Waals surface area contributed by atoms with Crippen molar-refractivity contribution in [1.82, 2.24) is 4.90 Å². The SMILES string of the molecule is CN(C)C(=O)Cc1ccc(NC(=O)c2ccc(Cl)cc2Cl)cc1. The van der Waals surface area contributed by atoms with Gasteiger partial charge in [-0.3, -0.25) is 9.59 Å². The fraction of sp³-hybridized carbons (Fsp3) is 0.176. The summed E-state index contributed by atoms with van der Waals surface area (Å²) in [6, 6.07) is 11.8. The minimum Gasteiger partial charge on any atom is -0.349 e. The van der Waals surface area contributed by atoms with Gasteiger partial charge in [0.15, 0.2) is 0 Å². The van der Waals surface area contributed by atoms with Gasteiger partial charge >= 0.3 is 0 Å². The Morgan fingerprint density at radius 3 is 2.26 bits per heavy atom. The van der Waals surface area contributed by atoms with E-state index in [4.69, 9.17) is 23.2 Å². The number of benzene rings is 2. The number of hydrogen-bond donors (Lipinski definition) is 1. The molecule has 6 heteroatoms. The van der Waals surface area contributed by atoms with Gasteiger partial charge in [0, 0.05) is 24.8 Å². The van der Waals surface area contributed by atoms with E-state index in [2.05, 4.69) is 5.32 Å². The molecule has 0 saturated carbocycles. The van der Waals surface area contributed by atoms with E-state index in [0.29, 0.717) is 27.7 Å². The zero-order valence-corrected chi connectivity index (χ0v) is 14.3. The lowest BCUT2D eigenvalue weighted by atomic mass is 10.1. The van der Waals surface area contributed by atoms with E-state index in [1.54, 1.807) is 50.5 Å². The Labute approximate surface area is 145 Å². The fourth-order valence-electron chi connectivity index (χ4n) is 1.91. The number of carbonyl (C=O) groups excluding carboxylic acids is 2. The van der Waals surface area contributed by atoms with E-state index >= 15 is 0 Å². The standard InChI is InChI=1S/C17H16Cl2N2O2/c1-21(2)16(22)9-11-3-6-13(7-4-11)20-17(23)14-8-5-12(18)10-15(14)19/h3-8,10H,9H2,1-2H3,(H,20,23). The van der Waals surface area contributed by atoms with Crippen LogP contribution in [0.1, 0.15) is 15.9 Å². The second-order valence-corrected chi connectivity index (χ2v) is 6.08. The summed E-state index contributed by atoms with van der Waals surface area (Å²) in [6.07, 6.45) is 0.324. The monoisotopic (exact) mass is 350 g/mol. The molecule has 0 unspecified atom stereocenters. The van der Waals surface area contributed by atoms with Gasteiger partial charge in [-0.25, -0.2) is 0 Å². The third-order valence-electron chi connectivity index (χ3n) is 3.24. The summed E-state index contributed by atoms with van der Waals surface area (Å²) in [4.78, 5) is 25.4. The Kier molecular flexibility index (Phi) is 5.64. The molecule has 0 bridgehead atoms. The third-order valence-corrected chi connectivity index (χ3v) is 3.79. The molecule has 1 N–H and O–H groups in total. The molecule has 2 rings (SSSR count). The van der Waals surface area contributed by atoms with Crippen LogP contribution < -0.4 is 5.32 Å². The molecule has 0 atom stereocenters. The Morgan fingerprint density at radius 2 is 1.70 bits per heavy atom. The molecule has 0 fully saturated rings. The molecule has 4 nitrogen and oxygen atoms in total.